The Morgan fingerprint density at radius 1 is 1.00 bits per heavy atom. The SMILES string of the molecule is NC(c1cnc2ccccc2c1)c1ccc(Cl)cn1. The second-order valence-corrected chi connectivity index (χ2v) is 4.78. The van der Waals surface area contributed by atoms with Crippen molar-refractivity contribution in [1.82, 2.24) is 9.97 Å². The number of halogens is 1. The quantitative estimate of drug-likeness (QED) is 0.776. The summed E-state index contributed by atoms with van der Waals surface area (Å²) in [6.07, 6.45) is 3.40. The molecule has 0 spiro atoms. The van der Waals surface area contributed by atoms with Gasteiger partial charge in [0.15, 0.2) is 0 Å². The highest BCUT2D eigenvalue weighted by atomic mass is 35.5. The van der Waals surface area contributed by atoms with E-state index in [1.54, 1.807) is 18.5 Å². The highest BCUT2D eigenvalue weighted by Gasteiger charge is 2.11. The van der Waals surface area contributed by atoms with Gasteiger partial charge in [0.1, 0.15) is 0 Å². The zero-order valence-electron chi connectivity index (χ0n) is 10.1. The van der Waals surface area contributed by atoms with Crippen LogP contribution < -0.4 is 5.73 Å². The molecule has 0 saturated carbocycles. The van der Waals surface area contributed by atoms with Crippen molar-refractivity contribution < 1.29 is 0 Å². The zero-order chi connectivity index (χ0) is 13.2. The first kappa shape index (κ1) is 12.1. The minimum absolute atomic E-state index is 0.297. The van der Waals surface area contributed by atoms with Crippen LogP contribution in [0.5, 0.6) is 0 Å². The van der Waals surface area contributed by atoms with Gasteiger partial charge in [-0.05, 0) is 29.8 Å². The highest BCUT2D eigenvalue weighted by molar-refractivity contribution is 6.30. The van der Waals surface area contributed by atoms with Gasteiger partial charge in [-0.3, -0.25) is 9.97 Å². The summed E-state index contributed by atoms with van der Waals surface area (Å²) in [5.41, 5.74) is 8.89. The molecule has 0 aliphatic carbocycles. The molecule has 0 aliphatic rings. The van der Waals surface area contributed by atoms with E-state index in [2.05, 4.69) is 9.97 Å². The van der Waals surface area contributed by atoms with Crippen LogP contribution in [0.4, 0.5) is 0 Å². The molecular formula is C15H12ClN3. The van der Waals surface area contributed by atoms with Gasteiger partial charge in [0, 0.05) is 17.8 Å². The van der Waals surface area contributed by atoms with Crippen LogP contribution in [0.2, 0.25) is 5.02 Å². The molecule has 0 radical (unpaired) electrons. The molecule has 3 nitrogen and oxygen atoms in total. The van der Waals surface area contributed by atoms with E-state index < -0.39 is 0 Å². The molecule has 3 rings (SSSR count). The summed E-state index contributed by atoms with van der Waals surface area (Å²) in [6, 6.07) is 13.3. The molecule has 0 amide bonds. The van der Waals surface area contributed by atoms with Gasteiger partial charge in [-0.1, -0.05) is 29.8 Å². The number of pyridine rings is 2. The van der Waals surface area contributed by atoms with E-state index in [4.69, 9.17) is 17.3 Å². The number of fused-ring (bicyclic) bond motifs is 1. The molecule has 2 heterocycles. The Hall–Kier alpha value is -1.97. The molecule has 2 N–H and O–H groups in total. The van der Waals surface area contributed by atoms with E-state index in [1.165, 1.54) is 0 Å². The Kier molecular flexibility index (Phi) is 3.15. The fourth-order valence-electron chi connectivity index (χ4n) is 2.00. The molecule has 19 heavy (non-hydrogen) atoms. The van der Waals surface area contributed by atoms with Crippen molar-refractivity contribution in [3.8, 4) is 0 Å². The summed E-state index contributed by atoms with van der Waals surface area (Å²) in [4.78, 5) is 8.66. The van der Waals surface area contributed by atoms with Crippen LogP contribution in [-0.2, 0) is 0 Å². The number of rotatable bonds is 2. The van der Waals surface area contributed by atoms with E-state index in [9.17, 15) is 0 Å². The predicted octanol–water partition coefficient (Wildman–Crippen LogP) is 3.33. The van der Waals surface area contributed by atoms with Gasteiger partial charge in [0.2, 0.25) is 0 Å². The Labute approximate surface area is 116 Å². The third-order valence-corrected chi connectivity index (χ3v) is 3.26. The van der Waals surface area contributed by atoms with Crippen molar-refractivity contribution in [3.63, 3.8) is 0 Å². The molecule has 1 unspecified atom stereocenters. The normalized spacial score (nSPS) is 12.5. The van der Waals surface area contributed by atoms with E-state index in [-0.39, 0.29) is 6.04 Å². The second kappa shape index (κ2) is 4.96. The van der Waals surface area contributed by atoms with Crippen LogP contribution in [0, 0.1) is 0 Å². The van der Waals surface area contributed by atoms with Crippen LogP contribution in [-0.4, -0.2) is 9.97 Å². The number of hydrogen-bond donors (Lipinski definition) is 1. The molecule has 1 aromatic carbocycles. The average Bonchev–Trinajstić information content (AvgIpc) is 2.47. The molecule has 94 valence electrons. The van der Waals surface area contributed by atoms with Crippen LogP contribution in [0.1, 0.15) is 17.3 Å². The maximum Gasteiger partial charge on any atom is 0.0741 e. The number of aromatic nitrogens is 2. The predicted molar refractivity (Wildman–Crippen MR) is 77.0 cm³/mol. The highest BCUT2D eigenvalue weighted by Crippen LogP contribution is 2.21. The van der Waals surface area contributed by atoms with Gasteiger partial charge in [0.05, 0.1) is 22.3 Å². The average molecular weight is 270 g/mol. The number of hydrogen-bond acceptors (Lipinski definition) is 3. The lowest BCUT2D eigenvalue weighted by Crippen LogP contribution is -2.13. The van der Waals surface area contributed by atoms with Crippen LogP contribution >= 0.6 is 11.6 Å². The molecule has 1 atom stereocenters. The first-order chi connectivity index (χ1) is 9.24. The summed E-state index contributed by atoms with van der Waals surface area (Å²) in [5.74, 6) is 0. The van der Waals surface area contributed by atoms with E-state index >= 15 is 0 Å². The van der Waals surface area contributed by atoms with Crippen molar-refractivity contribution >= 4 is 22.5 Å². The van der Waals surface area contributed by atoms with Crippen molar-refractivity contribution in [2.45, 2.75) is 6.04 Å². The lowest BCUT2D eigenvalue weighted by atomic mass is 10.0. The monoisotopic (exact) mass is 269 g/mol. The van der Waals surface area contributed by atoms with Gasteiger partial charge < -0.3 is 5.73 Å². The van der Waals surface area contributed by atoms with Crippen LogP contribution in [0.15, 0.2) is 54.9 Å². The fraction of sp³-hybridized carbons (Fsp3) is 0.0667. The third-order valence-electron chi connectivity index (χ3n) is 3.04. The molecule has 0 bridgehead atoms. The Morgan fingerprint density at radius 2 is 1.84 bits per heavy atom. The van der Waals surface area contributed by atoms with Crippen molar-refractivity contribution in [2.75, 3.05) is 0 Å². The summed E-state index contributed by atoms with van der Waals surface area (Å²) >= 11 is 5.82. The smallest absolute Gasteiger partial charge is 0.0741 e. The number of benzene rings is 1. The lowest BCUT2D eigenvalue weighted by molar-refractivity contribution is 0.825. The maximum absolute atomic E-state index is 6.21. The number of para-hydroxylation sites is 1. The first-order valence-electron chi connectivity index (χ1n) is 5.96. The molecule has 3 aromatic rings. The molecule has 0 saturated heterocycles. The summed E-state index contributed by atoms with van der Waals surface area (Å²) in [7, 11) is 0. The second-order valence-electron chi connectivity index (χ2n) is 4.34. The topological polar surface area (TPSA) is 51.8 Å². The van der Waals surface area contributed by atoms with E-state index in [0.29, 0.717) is 5.02 Å². The van der Waals surface area contributed by atoms with Gasteiger partial charge in [-0.2, -0.15) is 0 Å². The van der Waals surface area contributed by atoms with E-state index in [0.717, 1.165) is 22.2 Å². The van der Waals surface area contributed by atoms with E-state index in [1.807, 2.05) is 36.4 Å². The summed E-state index contributed by atoms with van der Waals surface area (Å²) in [6.45, 7) is 0. The standard InChI is InChI=1S/C15H12ClN3/c16-12-5-6-14(19-9-12)15(17)11-7-10-3-1-2-4-13(10)18-8-11/h1-9,15H,17H2. The minimum atomic E-state index is -0.297. The van der Waals surface area contributed by atoms with Gasteiger partial charge in [-0.15, -0.1) is 0 Å². The van der Waals surface area contributed by atoms with Gasteiger partial charge in [0.25, 0.3) is 0 Å². The first-order valence-corrected chi connectivity index (χ1v) is 6.33. The summed E-state index contributed by atoms with van der Waals surface area (Å²) in [5, 5.41) is 1.68. The molecule has 0 fully saturated rings. The molecule has 2 aromatic heterocycles. The molecular weight excluding hydrogens is 258 g/mol. The maximum atomic E-state index is 6.21. The number of nitrogens with two attached hydrogens (primary N) is 1. The van der Waals surface area contributed by atoms with Crippen molar-refractivity contribution in [3.05, 3.63) is 71.1 Å². The molecule has 0 aliphatic heterocycles. The Balaban J connectivity index is 2.01. The molecule has 4 heteroatoms. The Morgan fingerprint density at radius 3 is 2.63 bits per heavy atom. The van der Waals surface area contributed by atoms with Crippen LogP contribution in [0.25, 0.3) is 10.9 Å². The third kappa shape index (κ3) is 2.43. The number of nitrogens with zero attached hydrogens (tertiary/aromatic N) is 2. The zero-order valence-corrected chi connectivity index (χ0v) is 10.9. The largest absolute Gasteiger partial charge is 0.319 e. The Bertz CT molecular complexity index is 710. The fourth-order valence-corrected chi connectivity index (χ4v) is 2.11. The van der Waals surface area contributed by atoms with Gasteiger partial charge >= 0.3 is 0 Å². The van der Waals surface area contributed by atoms with Crippen molar-refractivity contribution in [2.24, 2.45) is 5.73 Å². The van der Waals surface area contributed by atoms with Crippen LogP contribution in [0.3, 0.4) is 0 Å². The van der Waals surface area contributed by atoms with Gasteiger partial charge in [-0.25, -0.2) is 0 Å². The lowest BCUT2D eigenvalue weighted by Gasteiger charge is -2.11. The summed E-state index contributed by atoms with van der Waals surface area (Å²) < 4.78 is 0. The van der Waals surface area contributed by atoms with Crippen molar-refractivity contribution in [1.29, 1.82) is 0 Å². The minimum Gasteiger partial charge on any atom is -0.319 e.